The zero-order valence-electron chi connectivity index (χ0n) is 12.3. The van der Waals surface area contributed by atoms with Gasteiger partial charge in [0.05, 0.1) is 0 Å². The smallest absolute Gasteiger partial charge is 0.222 e. The third-order valence-corrected chi connectivity index (χ3v) is 3.34. The summed E-state index contributed by atoms with van der Waals surface area (Å²) in [7, 11) is 0. The van der Waals surface area contributed by atoms with Gasteiger partial charge in [0.1, 0.15) is 0 Å². The number of anilines is 1. The molecule has 0 aromatic heterocycles. The number of carbonyl (C=O) groups is 1. The van der Waals surface area contributed by atoms with Gasteiger partial charge in [-0.1, -0.05) is 24.3 Å². The van der Waals surface area contributed by atoms with E-state index in [1.54, 1.807) is 0 Å². The lowest BCUT2D eigenvalue weighted by molar-refractivity contribution is -0.121. The minimum absolute atomic E-state index is 0.0988. The molecule has 2 N–H and O–H groups in total. The lowest BCUT2D eigenvalue weighted by Gasteiger charge is -2.09. The van der Waals surface area contributed by atoms with Crippen LogP contribution in [0.25, 0.3) is 0 Å². The molecule has 0 saturated heterocycles. The summed E-state index contributed by atoms with van der Waals surface area (Å²) in [4.78, 5) is 11.8. The van der Waals surface area contributed by atoms with Gasteiger partial charge in [-0.05, 0) is 36.2 Å². The fourth-order valence-electron chi connectivity index (χ4n) is 2.02. The van der Waals surface area contributed by atoms with Gasteiger partial charge in [0.2, 0.25) is 5.91 Å². The molecule has 0 atom stereocenters. The number of nitrogens with one attached hydrogen (secondary N) is 2. The number of aryl methyl sites for hydroxylation is 1. The van der Waals surface area contributed by atoms with Crippen LogP contribution in [0.4, 0.5) is 14.5 Å². The summed E-state index contributed by atoms with van der Waals surface area (Å²) in [6.45, 7) is 2.83. The second-order valence-electron chi connectivity index (χ2n) is 5.01. The molecule has 0 radical (unpaired) electrons. The minimum atomic E-state index is -0.908. The van der Waals surface area contributed by atoms with Crippen LogP contribution in [0.1, 0.15) is 17.5 Å². The molecule has 0 saturated carbocycles. The van der Waals surface area contributed by atoms with E-state index in [0.717, 1.165) is 23.3 Å². The van der Waals surface area contributed by atoms with Crippen molar-refractivity contribution in [2.75, 3.05) is 11.9 Å². The van der Waals surface area contributed by atoms with E-state index < -0.39 is 11.6 Å². The molecular weight excluding hydrogens is 286 g/mol. The highest BCUT2D eigenvalue weighted by Gasteiger charge is 2.05. The Kier molecular flexibility index (Phi) is 5.47. The molecule has 22 heavy (non-hydrogen) atoms. The van der Waals surface area contributed by atoms with Crippen LogP contribution in [-0.4, -0.2) is 12.5 Å². The Balaban J connectivity index is 1.74. The van der Waals surface area contributed by atoms with E-state index in [1.807, 2.05) is 31.2 Å². The molecular formula is C17H18F2N2O. The van der Waals surface area contributed by atoms with Gasteiger partial charge in [-0.3, -0.25) is 4.79 Å². The first-order valence-electron chi connectivity index (χ1n) is 7.06. The van der Waals surface area contributed by atoms with Crippen molar-refractivity contribution in [2.45, 2.75) is 19.9 Å². The minimum Gasteiger partial charge on any atom is -0.384 e. The quantitative estimate of drug-likeness (QED) is 0.859. The van der Waals surface area contributed by atoms with E-state index in [4.69, 9.17) is 0 Å². The molecule has 0 spiro atoms. The van der Waals surface area contributed by atoms with Gasteiger partial charge in [0.25, 0.3) is 0 Å². The number of benzene rings is 2. The molecule has 2 rings (SSSR count). The van der Waals surface area contributed by atoms with Crippen LogP contribution in [0.5, 0.6) is 0 Å². The highest BCUT2D eigenvalue weighted by atomic mass is 19.2. The van der Waals surface area contributed by atoms with Crippen molar-refractivity contribution in [3.63, 3.8) is 0 Å². The van der Waals surface area contributed by atoms with E-state index in [9.17, 15) is 13.6 Å². The molecule has 0 heterocycles. The predicted octanol–water partition coefficient (Wildman–Crippen LogP) is 3.39. The summed E-state index contributed by atoms with van der Waals surface area (Å²) in [5.74, 6) is -1.89. The summed E-state index contributed by atoms with van der Waals surface area (Å²) in [6, 6.07) is 11.4. The molecule has 2 aromatic rings. The second-order valence-corrected chi connectivity index (χ2v) is 5.01. The van der Waals surface area contributed by atoms with E-state index in [0.29, 0.717) is 18.8 Å². The summed E-state index contributed by atoms with van der Waals surface area (Å²) in [6.07, 6.45) is 0.255. The predicted molar refractivity (Wildman–Crippen MR) is 82.5 cm³/mol. The number of amides is 1. The molecule has 116 valence electrons. The lowest BCUT2D eigenvalue weighted by Crippen LogP contribution is -2.25. The second kappa shape index (κ2) is 7.54. The fraction of sp³-hybridized carbons (Fsp3) is 0.235. The van der Waals surface area contributed by atoms with E-state index in [-0.39, 0.29) is 12.3 Å². The number of rotatable bonds is 6. The highest BCUT2D eigenvalue weighted by molar-refractivity contribution is 5.76. The van der Waals surface area contributed by atoms with Crippen LogP contribution < -0.4 is 10.6 Å². The van der Waals surface area contributed by atoms with Crippen molar-refractivity contribution in [2.24, 2.45) is 0 Å². The first-order valence-corrected chi connectivity index (χ1v) is 7.06. The standard InChI is InChI=1S/C17H18F2N2O/c1-12-4-2-3-5-13(12)11-21-17(22)8-9-20-14-6-7-15(18)16(19)10-14/h2-7,10,20H,8-9,11H2,1H3,(H,21,22). The van der Waals surface area contributed by atoms with Crippen molar-refractivity contribution in [1.82, 2.24) is 5.32 Å². The molecule has 2 aromatic carbocycles. The van der Waals surface area contributed by atoms with Crippen molar-refractivity contribution in [3.8, 4) is 0 Å². The van der Waals surface area contributed by atoms with Gasteiger partial charge in [-0.25, -0.2) is 8.78 Å². The van der Waals surface area contributed by atoms with E-state index in [1.165, 1.54) is 6.07 Å². The Morgan fingerprint density at radius 2 is 1.86 bits per heavy atom. The summed E-state index contributed by atoms with van der Waals surface area (Å²) in [5, 5.41) is 5.72. The molecule has 0 bridgehead atoms. The monoisotopic (exact) mass is 304 g/mol. The van der Waals surface area contributed by atoms with Crippen molar-refractivity contribution < 1.29 is 13.6 Å². The number of hydrogen-bond acceptors (Lipinski definition) is 2. The zero-order valence-corrected chi connectivity index (χ0v) is 12.3. The van der Waals surface area contributed by atoms with Crippen molar-refractivity contribution in [3.05, 3.63) is 65.2 Å². The van der Waals surface area contributed by atoms with Crippen LogP contribution in [0.2, 0.25) is 0 Å². The van der Waals surface area contributed by atoms with Gasteiger partial charge in [-0.2, -0.15) is 0 Å². The number of carbonyl (C=O) groups excluding carboxylic acids is 1. The molecule has 0 unspecified atom stereocenters. The zero-order chi connectivity index (χ0) is 15.9. The lowest BCUT2D eigenvalue weighted by atomic mass is 10.1. The third kappa shape index (κ3) is 4.55. The average molecular weight is 304 g/mol. The van der Waals surface area contributed by atoms with Crippen LogP contribution in [0, 0.1) is 18.6 Å². The summed E-state index contributed by atoms with van der Waals surface area (Å²) < 4.78 is 25.8. The third-order valence-electron chi connectivity index (χ3n) is 3.34. The first-order chi connectivity index (χ1) is 10.6. The highest BCUT2D eigenvalue weighted by Crippen LogP contribution is 2.12. The largest absolute Gasteiger partial charge is 0.384 e. The fourth-order valence-corrected chi connectivity index (χ4v) is 2.02. The number of hydrogen-bond donors (Lipinski definition) is 2. The average Bonchev–Trinajstić information content (AvgIpc) is 2.50. The molecule has 0 aliphatic heterocycles. The van der Waals surface area contributed by atoms with Gasteiger partial charge >= 0.3 is 0 Å². The summed E-state index contributed by atoms with van der Waals surface area (Å²) in [5.41, 5.74) is 2.65. The van der Waals surface area contributed by atoms with Crippen molar-refractivity contribution >= 4 is 11.6 Å². The van der Waals surface area contributed by atoms with Gasteiger partial charge < -0.3 is 10.6 Å². The van der Waals surface area contributed by atoms with Crippen molar-refractivity contribution in [1.29, 1.82) is 0 Å². The SMILES string of the molecule is Cc1ccccc1CNC(=O)CCNc1ccc(F)c(F)c1. The molecule has 0 fully saturated rings. The van der Waals surface area contributed by atoms with Gasteiger partial charge in [0, 0.05) is 25.2 Å². The maximum Gasteiger partial charge on any atom is 0.222 e. The summed E-state index contributed by atoms with van der Waals surface area (Å²) >= 11 is 0. The Hall–Kier alpha value is -2.43. The normalized spacial score (nSPS) is 10.3. The van der Waals surface area contributed by atoms with E-state index >= 15 is 0 Å². The van der Waals surface area contributed by atoms with Crippen LogP contribution >= 0.6 is 0 Å². The molecule has 1 amide bonds. The maximum absolute atomic E-state index is 13.0. The maximum atomic E-state index is 13.0. The van der Waals surface area contributed by atoms with Crippen LogP contribution in [0.3, 0.4) is 0 Å². The van der Waals surface area contributed by atoms with E-state index in [2.05, 4.69) is 10.6 Å². The molecule has 5 heteroatoms. The Bertz CT molecular complexity index is 659. The Morgan fingerprint density at radius 1 is 1.09 bits per heavy atom. The molecule has 0 aliphatic rings. The van der Waals surface area contributed by atoms with Crippen LogP contribution in [0.15, 0.2) is 42.5 Å². The van der Waals surface area contributed by atoms with Crippen LogP contribution in [-0.2, 0) is 11.3 Å². The first kappa shape index (κ1) is 15.9. The Labute approximate surface area is 128 Å². The number of halogens is 2. The van der Waals surface area contributed by atoms with Gasteiger partial charge in [-0.15, -0.1) is 0 Å². The van der Waals surface area contributed by atoms with Gasteiger partial charge in [0.15, 0.2) is 11.6 Å². The topological polar surface area (TPSA) is 41.1 Å². The molecule has 3 nitrogen and oxygen atoms in total. The Morgan fingerprint density at radius 3 is 2.59 bits per heavy atom. The molecule has 0 aliphatic carbocycles.